The lowest BCUT2D eigenvalue weighted by molar-refractivity contribution is -0.130. The van der Waals surface area contributed by atoms with Crippen LogP contribution in [-0.4, -0.2) is 54.8 Å². The summed E-state index contributed by atoms with van der Waals surface area (Å²) in [6, 6.07) is 13.8. The van der Waals surface area contributed by atoms with Crippen molar-refractivity contribution in [3.8, 4) is 5.75 Å². The zero-order chi connectivity index (χ0) is 21.8. The molecule has 2 aliphatic heterocycles. The highest BCUT2D eigenvalue weighted by Crippen LogP contribution is 2.25. The van der Waals surface area contributed by atoms with Crippen molar-refractivity contribution < 1.29 is 18.3 Å². The molecule has 0 radical (unpaired) electrons. The number of sulfonamides is 1. The van der Waals surface area contributed by atoms with E-state index in [1.165, 1.54) is 5.57 Å². The largest absolute Gasteiger partial charge is 0.508 e. The Balaban J connectivity index is 1.36. The van der Waals surface area contributed by atoms with Crippen LogP contribution in [0.1, 0.15) is 36.8 Å². The first-order valence-electron chi connectivity index (χ1n) is 10.8. The van der Waals surface area contributed by atoms with Crippen molar-refractivity contribution in [3.05, 3.63) is 65.7 Å². The average Bonchev–Trinajstić information content (AvgIpc) is 2.81. The number of piperidine rings is 1. The van der Waals surface area contributed by atoms with Gasteiger partial charge in [0.05, 0.1) is 11.3 Å². The van der Waals surface area contributed by atoms with Crippen molar-refractivity contribution in [2.45, 2.75) is 37.0 Å². The van der Waals surface area contributed by atoms with E-state index in [2.05, 4.69) is 6.08 Å². The zero-order valence-corrected chi connectivity index (χ0v) is 18.4. The molecule has 0 aliphatic carbocycles. The van der Waals surface area contributed by atoms with Crippen LogP contribution in [0.25, 0.3) is 5.57 Å². The van der Waals surface area contributed by atoms with Crippen molar-refractivity contribution in [2.24, 2.45) is 0 Å². The molecule has 2 aromatic rings. The SMILES string of the molecule is O=C(Cc1ccc(S(=O)(=O)N2CCCCC2)cc1)N1CC=C(c2ccc(O)cc2)CC1. The lowest BCUT2D eigenvalue weighted by Crippen LogP contribution is -2.36. The third-order valence-electron chi connectivity index (χ3n) is 6.03. The molecule has 164 valence electrons. The fourth-order valence-electron chi connectivity index (χ4n) is 4.15. The fraction of sp³-hybridized carbons (Fsp3) is 0.375. The van der Waals surface area contributed by atoms with Gasteiger partial charge in [-0.3, -0.25) is 4.79 Å². The van der Waals surface area contributed by atoms with E-state index >= 15 is 0 Å². The first-order valence-corrected chi connectivity index (χ1v) is 12.2. The van der Waals surface area contributed by atoms with Gasteiger partial charge in [-0.05, 0) is 60.2 Å². The van der Waals surface area contributed by atoms with Gasteiger partial charge in [-0.25, -0.2) is 8.42 Å². The summed E-state index contributed by atoms with van der Waals surface area (Å²) in [5.74, 6) is 0.277. The lowest BCUT2D eigenvalue weighted by atomic mass is 9.99. The summed E-state index contributed by atoms with van der Waals surface area (Å²) < 4.78 is 27.1. The highest BCUT2D eigenvalue weighted by Gasteiger charge is 2.26. The summed E-state index contributed by atoms with van der Waals surface area (Å²) in [4.78, 5) is 14.8. The molecule has 31 heavy (non-hydrogen) atoms. The molecule has 0 unspecified atom stereocenters. The summed E-state index contributed by atoms with van der Waals surface area (Å²) >= 11 is 0. The predicted octanol–water partition coefficient (Wildman–Crippen LogP) is 3.43. The van der Waals surface area contributed by atoms with E-state index in [1.54, 1.807) is 40.7 Å². The van der Waals surface area contributed by atoms with Crippen molar-refractivity contribution in [1.82, 2.24) is 9.21 Å². The molecule has 1 fully saturated rings. The van der Waals surface area contributed by atoms with E-state index < -0.39 is 10.0 Å². The van der Waals surface area contributed by atoms with Crippen LogP contribution in [0.2, 0.25) is 0 Å². The standard InChI is InChI=1S/C24H28N2O4S/c27-22-8-6-20(7-9-22)21-12-16-25(17-13-21)24(28)18-19-4-10-23(11-5-19)31(29,30)26-14-2-1-3-15-26/h4-12,27H,1-3,13-18H2. The molecular formula is C24H28N2O4S. The number of rotatable bonds is 5. The number of phenolic OH excluding ortho intramolecular Hbond substituents is 1. The first-order chi connectivity index (χ1) is 14.9. The lowest BCUT2D eigenvalue weighted by Gasteiger charge is -2.27. The summed E-state index contributed by atoms with van der Waals surface area (Å²) in [5.41, 5.74) is 3.06. The zero-order valence-electron chi connectivity index (χ0n) is 17.5. The number of phenols is 1. The van der Waals surface area contributed by atoms with Crippen LogP contribution >= 0.6 is 0 Å². The van der Waals surface area contributed by atoms with E-state index in [0.29, 0.717) is 31.1 Å². The number of benzene rings is 2. The van der Waals surface area contributed by atoms with Gasteiger partial charge >= 0.3 is 0 Å². The maximum absolute atomic E-state index is 12.8. The minimum atomic E-state index is -3.45. The normalized spacial score (nSPS) is 17.9. The van der Waals surface area contributed by atoms with Crippen LogP contribution in [0, 0.1) is 0 Å². The van der Waals surface area contributed by atoms with Gasteiger partial charge in [0.1, 0.15) is 5.75 Å². The second-order valence-corrected chi connectivity index (χ2v) is 10.1. The van der Waals surface area contributed by atoms with E-state index in [9.17, 15) is 18.3 Å². The number of aromatic hydroxyl groups is 1. The molecular weight excluding hydrogens is 412 g/mol. The van der Waals surface area contributed by atoms with Gasteiger partial charge in [-0.2, -0.15) is 4.31 Å². The van der Waals surface area contributed by atoms with Crippen molar-refractivity contribution in [3.63, 3.8) is 0 Å². The minimum absolute atomic E-state index is 0.0349. The van der Waals surface area contributed by atoms with Crippen molar-refractivity contribution in [2.75, 3.05) is 26.2 Å². The molecule has 7 heteroatoms. The minimum Gasteiger partial charge on any atom is -0.508 e. The highest BCUT2D eigenvalue weighted by atomic mass is 32.2. The predicted molar refractivity (Wildman–Crippen MR) is 120 cm³/mol. The molecule has 0 spiro atoms. The average molecular weight is 441 g/mol. The van der Waals surface area contributed by atoms with Crippen molar-refractivity contribution in [1.29, 1.82) is 0 Å². The van der Waals surface area contributed by atoms with Crippen LogP contribution < -0.4 is 0 Å². The first kappa shape index (κ1) is 21.6. The fourth-order valence-corrected chi connectivity index (χ4v) is 5.67. The van der Waals surface area contributed by atoms with Crippen LogP contribution in [0.3, 0.4) is 0 Å². The Labute approximate surface area is 183 Å². The molecule has 6 nitrogen and oxygen atoms in total. The Hall–Kier alpha value is -2.64. The number of nitrogens with zero attached hydrogens (tertiary/aromatic N) is 2. The Morgan fingerprint density at radius 1 is 0.903 bits per heavy atom. The van der Waals surface area contributed by atoms with Gasteiger partial charge in [0.2, 0.25) is 15.9 Å². The van der Waals surface area contributed by atoms with Crippen LogP contribution in [0.5, 0.6) is 5.75 Å². The van der Waals surface area contributed by atoms with Gasteiger partial charge in [0.25, 0.3) is 0 Å². The third kappa shape index (κ3) is 4.99. The molecule has 2 heterocycles. The maximum Gasteiger partial charge on any atom is 0.243 e. The smallest absolute Gasteiger partial charge is 0.243 e. The Morgan fingerprint density at radius 2 is 1.58 bits per heavy atom. The quantitative estimate of drug-likeness (QED) is 0.773. The molecule has 4 rings (SSSR count). The Bertz CT molecular complexity index is 1050. The number of hydrogen-bond donors (Lipinski definition) is 1. The molecule has 0 bridgehead atoms. The second-order valence-electron chi connectivity index (χ2n) is 8.15. The second kappa shape index (κ2) is 9.24. The number of carbonyl (C=O) groups excluding carboxylic acids is 1. The molecule has 2 aromatic carbocycles. The van der Waals surface area contributed by atoms with E-state index in [-0.39, 0.29) is 18.1 Å². The van der Waals surface area contributed by atoms with Crippen molar-refractivity contribution >= 4 is 21.5 Å². The van der Waals surface area contributed by atoms with Gasteiger partial charge in [-0.1, -0.05) is 36.8 Å². The number of amides is 1. The van der Waals surface area contributed by atoms with Gasteiger partial charge in [0.15, 0.2) is 0 Å². The summed E-state index contributed by atoms with van der Waals surface area (Å²) in [5, 5.41) is 9.43. The summed E-state index contributed by atoms with van der Waals surface area (Å²) in [7, 11) is -3.45. The molecule has 1 saturated heterocycles. The summed E-state index contributed by atoms with van der Waals surface area (Å²) in [6.45, 7) is 2.36. The number of carbonyl (C=O) groups is 1. The molecule has 0 saturated carbocycles. The van der Waals surface area contributed by atoms with E-state index in [4.69, 9.17) is 0 Å². The van der Waals surface area contributed by atoms with E-state index in [1.807, 2.05) is 17.0 Å². The topological polar surface area (TPSA) is 77.9 Å². The van der Waals surface area contributed by atoms with Crippen LogP contribution in [0.4, 0.5) is 0 Å². The van der Waals surface area contributed by atoms with Gasteiger partial charge in [-0.15, -0.1) is 0 Å². The van der Waals surface area contributed by atoms with Crippen LogP contribution in [-0.2, 0) is 21.2 Å². The highest BCUT2D eigenvalue weighted by molar-refractivity contribution is 7.89. The number of hydrogen-bond acceptors (Lipinski definition) is 4. The van der Waals surface area contributed by atoms with Gasteiger partial charge < -0.3 is 10.0 Å². The van der Waals surface area contributed by atoms with Gasteiger partial charge in [0, 0.05) is 26.2 Å². The molecule has 0 atom stereocenters. The Morgan fingerprint density at radius 3 is 2.19 bits per heavy atom. The van der Waals surface area contributed by atoms with E-state index in [0.717, 1.165) is 36.8 Å². The molecule has 1 amide bonds. The molecule has 0 aromatic heterocycles. The van der Waals surface area contributed by atoms with Crippen LogP contribution in [0.15, 0.2) is 59.5 Å². The Kier molecular flexibility index (Phi) is 6.43. The third-order valence-corrected chi connectivity index (χ3v) is 7.94. The summed E-state index contributed by atoms with van der Waals surface area (Å²) in [6.07, 6.45) is 5.97. The molecule has 1 N–H and O–H groups in total. The maximum atomic E-state index is 12.8. The molecule has 2 aliphatic rings. The monoisotopic (exact) mass is 440 g/mol.